The standard InChI is InChI=1S/C39H78O/c1-3-5-7-9-11-12-13-14-15-16-17-18-19-20-21-22-23-24-25-26-27-28-29-30-31-32-34-36-38-39(40)37-35-33-10-8-6-4-2/h3-38H2,1-2H3. The van der Waals surface area contributed by atoms with Crippen molar-refractivity contribution in [2.75, 3.05) is 0 Å². The van der Waals surface area contributed by atoms with Crippen LogP contribution in [-0.4, -0.2) is 5.78 Å². The van der Waals surface area contributed by atoms with Crippen LogP contribution in [0.3, 0.4) is 0 Å². The Bertz CT molecular complexity index is 456. The molecule has 0 aliphatic heterocycles. The first-order chi connectivity index (χ1) is 19.8. The van der Waals surface area contributed by atoms with Gasteiger partial charge in [-0.3, -0.25) is 4.79 Å². The second kappa shape index (κ2) is 36.7. The van der Waals surface area contributed by atoms with Crippen molar-refractivity contribution in [2.24, 2.45) is 0 Å². The predicted molar refractivity (Wildman–Crippen MR) is 183 cm³/mol. The van der Waals surface area contributed by atoms with E-state index in [1.54, 1.807) is 0 Å². The van der Waals surface area contributed by atoms with Crippen LogP contribution in [0.1, 0.15) is 245 Å². The van der Waals surface area contributed by atoms with Gasteiger partial charge in [0, 0.05) is 12.8 Å². The zero-order valence-electron chi connectivity index (χ0n) is 28.4. The maximum absolute atomic E-state index is 12.0. The molecule has 0 saturated carbocycles. The van der Waals surface area contributed by atoms with Crippen molar-refractivity contribution in [2.45, 2.75) is 245 Å². The molecule has 0 N–H and O–H groups in total. The molecule has 0 unspecified atom stereocenters. The third-order valence-corrected chi connectivity index (χ3v) is 9.12. The van der Waals surface area contributed by atoms with Crippen LogP contribution in [-0.2, 0) is 4.79 Å². The summed E-state index contributed by atoms with van der Waals surface area (Å²) in [7, 11) is 0. The largest absolute Gasteiger partial charge is 0.300 e. The zero-order chi connectivity index (χ0) is 29.0. The van der Waals surface area contributed by atoms with Crippen LogP contribution in [0.25, 0.3) is 0 Å². The first-order valence-electron chi connectivity index (χ1n) is 19.3. The Balaban J connectivity index is 3.09. The lowest BCUT2D eigenvalue weighted by molar-refractivity contribution is -0.119. The lowest BCUT2D eigenvalue weighted by atomic mass is 10.0. The highest BCUT2D eigenvalue weighted by Gasteiger charge is 2.02. The summed E-state index contributed by atoms with van der Waals surface area (Å²) in [6, 6.07) is 0. The van der Waals surface area contributed by atoms with Gasteiger partial charge in [-0.15, -0.1) is 0 Å². The zero-order valence-corrected chi connectivity index (χ0v) is 28.4. The Labute approximate surface area is 255 Å². The van der Waals surface area contributed by atoms with Crippen LogP contribution in [0.5, 0.6) is 0 Å². The summed E-state index contributed by atoms with van der Waals surface area (Å²) < 4.78 is 0. The number of carbonyl (C=O) groups excluding carboxylic acids is 1. The van der Waals surface area contributed by atoms with Gasteiger partial charge in [0.15, 0.2) is 0 Å². The quantitative estimate of drug-likeness (QED) is 0.0694. The highest BCUT2D eigenvalue weighted by molar-refractivity contribution is 5.78. The smallest absolute Gasteiger partial charge is 0.132 e. The second-order valence-electron chi connectivity index (χ2n) is 13.4. The summed E-state index contributed by atoms with van der Waals surface area (Å²) >= 11 is 0. The van der Waals surface area contributed by atoms with E-state index in [1.165, 1.54) is 205 Å². The fourth-order valence-electron chi connectivity index (χ4n) is 6.22. The van der Waals surface area contributed by atoms with Gasteiger partial charge in [0.25, 0.3) is 0 Å². The molecule has 0 atom stereocenters. The number of unbranched alkanes of at least 4 members (excludes halogenated alkanes) is 32. The van der Waals surface area contributed by atoms with Gasteiger partial charge in [-0.2, -0.15) is 0 Å². The molecule has 0 saturated heterocycles. The number of hydrogen-bond donors (Lipinski definition) is 0. The maximum atomic E-state index is 12.0. The normalized spacial score (nSPS) is 11.4. The molecule has 0 fully saturated rings. The molecule has 0 amide bonds. The molecule has 240 valence electrons. The van der Waals surface area contributed by atoms with E-state index in [1.807, 2.05) is 0 Å². The van der Waals surface area contributed by atoms with Gasteiger partial charge >= 0.3 is 0 Å². The van der Waals surface area contributed by atoms with Crippen molar-refractivity contribution in [3.63, 3.8) is 0 Å². The summed E-state index contributed by atoms with van der Waals surface area (Å²) in [5.74, 6) is 0.519. The molecular weight excluding hydrogens is 484 g/mol. The highest BCUT2D eigenvalue weighted by atomic mass is 16.1. The summed E-state index contributed by atoms with van der Waals surface area (Å²) in [5.41, 5.74) is 0. The van der Waals surface area contributed by atoms with Crippen molar-refractivity contribution >= 4 is 5.78 Å². The molecule has 40 heavy (non-hydrogen) atoms. The van der Waals surface area contributed by atoms with Crippen molar-refractivity contribution < 1.29 is 4.79 Å². The third-order valence-electron chi connectivity index (χ3n) is 9.12. The Kier molecular flexibility index (Phi) is 36.4. The molecule has 0 aliphatic rings. The third kappa shape index (κ3) is 35.7. The Morgan fingerprint density at radius 2 is 0.400 bits per heavy atom. The Morgan fingerprint density at radius 1 is 0.250 bits per heavy atom. The van der Waals surface area contributed by atoms with Crippen LogP contribution in [0, 0.1) is 0 Å². The van der Waals surface area contributed by atoms with Crippen LogP contribution >= 0.6 is 0 Å². The number of Topliss-reactive ketones (excluding diaryl/α,β-unsaturated/α-hetero) is 1. The molecule has 0 bridgehead atoms. The fourth-order valence-corrected chi connectivity index (χ4v) is 6.22. The number of carbonyl (C=O) groups is 1. The number of rotatable bonds is 36. The molecule has 0 aliphatic carbocycles. The van der Waals surface area contributed by atoms with Crippen LogP contribution in [0.4, 0.5) is 0 Å². The number of ketones is 1. The first kappa shape index (κ1) is 39.7. The molecule has 0 aromatic carbocycles. The lowest BCUT2D eigenvalue weighted by Crippen LogP contribution is -1.97. The van der Waals surface area contributed by atoms with E-state index in [0.29, 0.717) is 5.78 Å². The molecule has 0 aromatic rings. The minimum atomic E-state index is 0.519. The molecule has 0 aromatic heterocycles. The van der Waals surface area contributed by atoms with Crippen molar-refractivity contribution in [3.05, 3.63) is 0 Å². The number of hydrogen-bond acceptors (Lipinski definition) is 1. The van der Waals surface area contributed by atoms with E-state index in [-0.39, 0.29) is 0 Å². The molecule has 0 heterocycles. The average molecular weight is 563 g/mol. The van der Waals surface area contributed by atoms with Gasteiger partial charge in [0.1, 0.15) is 5.78 Å². The van der Waals surface area contributed by atoms with Gasteiger partial charge < -0.3 is 0 Å². The lowest BCUT2D eigenvalue weighted by Gasteiger charge is -2.05. The van der Waals surface area contributed by atoms with E-state index in [0.717, 1.165) is 25.7 Å². The SMILES string of the molecule is CCCCCCCCCCCCCCCCCCCCCCCCCCCCCCC(=O)CCCCCCCC. The monoisotopic (exact) mass is 563 g/mol. The summed E-state index contributed by atoms with van der Waals surface area (Å²) in [4.78, 5) is 12.0. The average Bonchev–Trinajstić information content (AvgIpc) is 2.96. The van der Waals surface area contributed by atoms with Crippen LogP contribution in [0.2, 0.25) is 0 Å². The second-order valence-corrected chi connectivity index (χ2v) is 13.4. The van der Waals surface area contributed by atoms with Gasteiger partial charge in [-0.25, -0.2) is 0 Å². The summed E-state index contributed by atoms with van der Waals surface area (Å²) in [6.07, 6.45) is 49.6. The van der Waals surface area contributed by atoms with E-state index >= 15 is 0 Å². The van der Waals surface area contributed by atoms with E-state index in [9.17, 15) is 4.79 Å². The van der Waals surface area contributed by atoms with Gasteiger partial charge in [-0.1, -0.05) is 219 Å². The predicted octanol–water partition coefficient (Wildman–Crippen LogP) is 14.6. The van der Waals surface area contributed by atoms with Crippen LogP contribution < -0.4 is 0 Å². The molecule has 1 heteroatoms. The molecule has 1 nitrogen and oxygen atoms in total. The molecule has 0 spiro atoms. The molecule has 0 radical (unpaired) electrons. The summed E-state index contributed by atoms with van der Waals surface area (Å²) in [6.45, 7) is 4.56. The summed E-state index contributed by atoms with van der Waals surface area (Å²) in [5, 5.41) is 0. The van der Waals surface area contributed by atoms with Gasteiger partial charge in [0.05, 0.1) is 0 Å². The minimum Gasteiger partial charge on any atom is -0.300 e. The maximum Gasteiger partial charge on any atom is 0.132 e. The molecule has 0 rings (SSSR count). The Hall–Kier alpha value is -0.330. The van der Waals surface area contributed by atoms with Crippen LogP contribution in [0.15, 0.2) is 0 Å². The van der Waals surface area contributed by atoms with E-state index < -0.39 is 0 Å². The van der Waals surface area contributed by atoms with Gasteiger partial charge in [-0.05, 0) is 12.8 Å². The Morgan fingerprint density at radius 3 is 0.575 bits per heavy atom. The molecular formula is C39H78O. The topological polar surface area (TPSA) is 17.1 Å². The van der Waals surface area contributed by atoms with Gasteiger partial charge in [0.2, 0.25) is 0 Å². The first-order valence-corrected chi connectivity index (χ1v) is 19.3. The van der Waals surface area contributed by atoms with Crippen molar-refractivity contribution in [1.82, 2.24) is 0 Å². The van der Waals surface area contributed by atoms with Crippen molar-refractivity contribution in [1.29, 1.82) is 0 Å². The van der Waals surface area contributed by atoms with E-state index in [4.69, 9.17) is 0 Å². The fraction of sp³-hybridized carbons (Fsp3) is 0.974. The minimum absolute atomic E-state index is 0.519. The van der Waals surface area contributed by atoms with E-state index in [2.05, 4.69) is 13.8 Å². The highest BCUT2D eigenvalue weighted by Crippen LogP contribution is 2.17. The van der Waals surface area contributed by atoms with Crippen molar-refractivity contribution in [3.8, 4) is 0 Å².